The second-order valence-electron chi connectivity index (χ2n) is 8.51. The molecule has 176 valence electrons. The van der Waals surface area contributed by atoms with E-state index in [0.717, 1.165) is 0 Å². The zero-order chi connectivity index (χ0) is 22.9. The Balaban J connectivity index is 1.20. The molecule has 32 heavy (non-hydrogen) atoms. The molecule has 2 aromatic rings. The topological polar surface area (TPSA) is 83.5 Å². The van der Waals surface area contributed by atoms with Gasteiger partial charge in [0.25, 0.3) is 0 Å². The molecule has 0 saturated heterocycles. The number of ether oxygens (including phenoxy) is 1. The largest absolute Gasteiger partial charge is 0.488 e. The fourth-order valence-electron chi connectivity index (χ4n) is 4.31. The van der Waals surface area contributed by atoms with Crippen LogP contribution in [0.15, 0.2) is 17.6 Å². The molecule has 1 aromatic heterocycles. The third-order valence-electron chi connectivity index (χ3n) is 6.21. The van der Waals surface area contributed by atoms with Crippen LogP contribution < -0.4 is 15.4 Å². The second-order valence-corrected chi connectivity index (χ2v) is 9.40. The van der Waals surface area contributed by atoms with Gasteiger partial charge in [-0.05, 0) is 44.6 Å². The number of aliphatic hydroxyl groups excluding tert-OH is 1. The van der Waals surface area contributed by atoms with Crippen LogP contribution in [0.25, 0.3) is 10.2 Å². The Kier molecular flexibility index (Phi) is 6.87. The first-order valence-electron chi connectivity index (χ1n) is 10.7. The number of alkyl halides is 3. The van der Waals surface area contributed by atoms with Crippen molar-refractivity contribution in [3.05, 3.63) is 23.5 Å². The smallest absolute Gasteiger partial charge is 0.406 e. The van der Waals surface area contributed by atoms with Crippen molar-refractivity contribution in [1.29, 1.82) is 0 Å². The lowest BCUT2D eigenvalue weighted by molar-refractivity contribution is -0.166. The number of fused-ring (bicyclic) bond motifs is 1. The monoisotopic (exact) mass is 475 g/mol. The molecule has 4 rings (SSSR count). The van der Waals surface area contributed by atoms with E-state index in [1.54, 1.807) is 5.51 Å². The zero-order valence-electron chi connectivity index (χ0n) is 17.2. The number of carbonyl (C=O) groups excluding carboxylic acids is 1. The Morgan fingerprint density at radius 1 is 1.22 bits per heavy atom. The molecule has 0 bridgehead atoms. The fraction of sp³-hybridized carbons (Fsp3) is 0.619. The summed E-state index contributed by atoms with van der Waals surface area (Å²) >= 11 is 1.33. The van der Waals surface area contributed by atoms with Crippen LogP contribution in [0, 0.1) is 11.7 Å². The molecule has 1 heterocycles. The first-order valence-corrected chi connectivity index (χ1v) is 11.5. The minimum absolute atomic E-state index is 0.0724. The number of aliphatic hydroxyl groups is 1. The molecule has 1 unspecified atom stereocenters. The number of rotatable bonds is 7. The van der Waals surface area contributed by atoms with Gasteiger partial charge in [0.05, 0.1) is 16.8 Å². The van der Waals surface area contributed by atoms with Gasteiger partial charge in [0, 0.05) is 24.1 Å². The molecule has 0 aliphatic heterocycles. The number of hydrogen-bond donors (Lipinski definition) is 3. The quantitative estimate of drug-likeness (QED) is 0.534. The van der Waals surface area contributed by atoms with Crippen molar-refractivity contribution in [3.63, 3.8) is 0 Å². The van der Waals surface area contributed by atoms with Crippen LogP contribution >= 0.6 is 11.3 Å². The predicted octanol–water partition coefficient (Wildman–Crippen LogP) is 3.53. The molecule has 0 spiro atoms. The average molecular weight is 476 g/mol. The summed E-state index contributed by atoms with van der Waals surface area (Å²) in [5, 5.41) is 14.4. The standard InChI is InChI=1S/C21H25F4N3O3S/c22-12-7-16(19-17(8-12)32-10-26-19)31-15-5-11(6-15)20(30)28-14-3-1-13(2-4-14)27-18(9-29)21(23,24)25/h7-8,10-11,13-15,18,27,29H,1-6,9H2,(H,28,30)/t11-,13-,14-,15-,18?. The van der Waals surface area contributed by atoms with Gasteiger partial charge >= 0.3 is 6.18 Å². The lowest BCUT2D eigenvalue weighted by Gasteiger charge is -2.37. The minimum Gasteiger partial charge on any atom is -0.488 e. The first kappa shape index (κ1) is 23.2. The molecule has 2 fully saturated rings. The number of amides is 1. The van der Waals surface area contributed by atoms with Crippen molar-refractivity contribution >= 4 is 27.5 Å². The maximum absolute atomic E-state index is 13.8. The number of thiazole rings is 1. The van der Waals surface area contributed by atoms with Crippen molar-refractivity contribution in [2.24, 2.45) is 5.92 Å². The highest BCUT2D eigenvalue weighted by Crippen LogP contribution is 2.36. The molecular weight excluding hydrogens is 450 g/mol. The number of benzene rings is 1. The second kappa shape index (κ2) is 9.48. The van der Waals surface area contributed by atoms with Crippen LogP contribution in [-0.2, 0) is 4.79 Å². The number of hydrogen-bond acceptors (Lipinski definition) is 6. The van der Waals surface area contributed by atoms with E-state index in [-0.39, 0.29) is 30.0 Å². The molecule has 2 saturated carbocycles. The molecule has 6 nitrogen and oxygen atoms in total. The maximum atomic E-state index is 13.8. The molecule has 1 aromatic carbocycles. The molecule has 1 atom stereocenters. The Bertz CT molecular complexity index is 940. The van der Waals surface area contributed by atoms with Crippen molar-refractivity contribution < 1.29 is 32.2 Å². The van der Waals surface area contributed by atoms with E-state index in [9.17, 15) is 22.4 Å². The minimum atomic E-state index is -4.49. The van der Waals surface area contributed by atoms with Crippen LogP contribution in [-0.4, -0.2) is 53.0 Å². The van der Waals surface area contributed by atoms with E-state index < -0.39 is 24.6 Å². The van der Waals surface area contributed by atoms with Crippen molar-refractivity contribution in [3.8, 4) is 5.75 Å². The molecule has 11 heteroatoms. The molecule has 2 aliphatic rings. The van der Waals surface area contributed by atoms with Crippen LogP contribution in [0.1, 0.15) is 38.5 Å². The van der Waals surface area contributed by atoms with E-state index in [2.05, 4.69) is 15.6 Å². The fourth-order valence-corrected chi connectivity index (χ4v) is 5.02. The number of nitrogens with one attached hydrogen (secondary N) is 2. The summed E-state index contributed by atoms with van der Waals surface area (Å²) in [6, 6.07) is 0.388. The van der Waals surface area contributed by atoms with Crippen molar-refractivity contribution in [1.82, 2.24) is 15.6 Å². The van der Waals surface area contributed by atoms with E-state index >= 15 is 0 Å². The lowest BCUT2D eigenvalue weighted by Crippen LogP contribution is -2.52. The first-order chi connectivity index (χ1) is 15.2. The number of nitrogens with zero attached hydrogens (tertiary/aromatic N) is 1. The third-order valence-corrected chi connectivity index (χ3v) is 6.99. The Hall–Kier alpha value is -1.98. The van der Waals surface area contributed by atoms with Crippen LogP contribution in [0.2, 0.25) is 0 Å². The Morgan fingerprint density at radius 2 is 1.91 bits per heavy atom. The van der Waals surface area contributed by atoms with Gasteiger partial charge < -0.3 is 20.5 Å². The summed E-state index contributed by atoms with van der Waals surface area (Å²) in [4.78, 5) is 16.7. The van der Waals surface area contributed by atoms with Gasteiger partial charge in [0.1, 0.15) is 29.2 Å². The van der Waals surface area contributed by atoms with Gasteiger partial charge in [-0.15, -0.1) is 11.3 Å². The van der Waals surface area contributed by atoms with Gasteiger partial charge in [-0.3, -0.25) is 4.79 Å². The van der Waals surface area contributed by atoms with Crippen LogP contribution in [0.5, 0.6) is 5.75 Å². The summed E-state index contributed by atoms with van der Waals surface area (Å²) in [7, 11) is 0. The maximum Gasteiger partial charge on any atom is 0.406 e. The van der Waals surface area contributed by atoms with Gasteiger partial charge in [0.15, 0.2) is 0 Å². The van der Waals surface area contributed by atoms with Crippen LogP contribution in [0.4, 0.5) is 17.6 Å². The average Bonchev–Trinajstić information content (AvgIpc) is 3.17. The summed E-state index contributed by atoms with van der Waals surface area (Å²) in [6.45, 7) is -0.991. The Morgan fingerprint density at radius 3 is 2.56 bits per heavy atom. The molecular formula is C21H25F4N3O3S. The highest BCUT2D eigenvalue weighted by molar-refractivity contribution is 7.16. The SMILES string of the molecule is O=C(N[C@H]1CC[C@H](NC(CO)C(F)(F)F)CC1)[C@H]1C[C@H](Oc2cc(F)cc3scnc23)C1. The highest BCUT2D eigenvalue weighted by Gasteiger charge is 2.41. The Labute approximate surface area is 186 Å². The third kappa shape index (κ3) is 5.32. The van der Waals surface area contributed by atoms with Crippen molar-refractivity contribution in [2.75, 3.05) is 6.61 Å². The van der Waals surface area contributed by atoms with Crippen molar-refractivity contribution in [2.45, 2.75) is 68.9 Å². The predicted molar refractivity (Wildman–Crippen MR) is 111 cm³/mol. The zero-order valence-corrected chi connectivity index (χ0v) is 18.0. The number of halogens is 4. The van der Waals surface area contributed by atoms with E-state index in [0.29, 0.717) is 54.5 Å². The number of carbonyl (C=O) groups is 1. The molecule has 1 amide bonds. The van der Waals surface area contributed by atoms with Gasteiger partial charge in [0.2, 0.25) is 5.91 Å². The molecule has 0 radical (unpaired) electrons. The summed E-state index contributed by atoms with van der Waals surface area (Å²) in [5.41, 5.74) is 2.24. The van der Waals surface area contributed by atoms with Gasteiger partial charge in [-0.2, -0.15) is 13.2 Å². The summed E-state index contributed by atoms with van der Waals surface area (Å²) < 4.78 is 58.7. The summed E-state index contributed by atoms with van der Waals surface area (Å²) in [6.07, 6.45) is -1.47. The van der Waals surface area contributed by atoms with E-state index in [4.69, 9.17) is 9.84 Å². The number of aromatic nitrogens is 1. The highest BCUT2D eigenvalue weighted by atomic mass is 32.1. The normalized spacial score (nSPS) is 27.0. The van der Waals surface area contributed by atoms with E-state index in [1.807, 2.05) is 0 Å². The van der Waals surface area contributed by atoms with Crippen LogP contribution in [0.3, 0.4) is 0 Å². The lowest BCUT2D eigenvalue weighted by atomic mass is 9.81. The van der Waals surface area contributed by atoms with Gasteiger partial charge in [-0.1, -0.05) is 0 Å². The molecule has 3 N–H and O–H groups in total. The van der Waals surface area contributed by atoms with Gasteiger partial charge in [-0.25, -0.2) is 9.37 Å². The van der Waals surface area contributed by atoms with E-state index in [1.165, 1.54) is 23.5 Å². The summed E-state index contributed by atoms with van der Waals surface area (Å²) in [5.74, 6) is -0.283. The molecule has 2 aliphatic carbocycles.